The van der Waals surface area contributed by atoms with Gasteiger partial charge in [0.15, 0.2) is 5.82 Å². The largest absolute Gasteiger partial charge is 0.381 e. The first kappa shape index (κ1) is 26.5. The fraction of sp³-hybridized carbons (Fsp3) is 0.593. The number of benzene rings is 1. The van der Waals surface area contributed by atoms with E-state index in [1.54, 1.807) is 0 Å². The molecule has 1 amide bonds. The molecule has 1 aromatic carbocycles. The summed E-state index contributed by atoms with van der Waals surface area (Å²) in [6.07, 6.45) is 3.98. The Balaban J connectivity index is 1.27. The Hall–Kier alpha value is -3.15. The molecule has 3 fully saturated rings. The molecule has 0 unspecified atom stereocenters. The molecule has 11 nitrogen and oxygen atoms in total. The number of primary amides is 1. The lowest BCUT2D eigenvalue weighted by Gasteiger charge is -2.43. The number of piperazine rings is 1. The van der Waals surface area contributed by atoms with Crippen molar-refractivity contribution >= 4 is 29.0 Å². The number of nitrogens with one attached hydrogen (secondary N) is 3. The van der Waals surface area contributed by atoms with Crippen molar-refractivity contribution in [1.82, 2.24) is 19.8 Å². The first-order valence-corrected chi connectivity index (χ1v) is 13.7. The van der Waals surface area contributed by atoms with E-state index in [9.17, 15) is 9.59 Å². The molecule has 11 heteroatoms. The van der Waals surface area contributed by atoms with Crippen LogP contribution < -0.4 is 26.8 Å². The summed E-state index contributed by atoms with van der Waals surface area (Å²) in [6, 6.07) is 6.90. The lowest BCUT2D eigenvalue weighted by atomic mass is 10.0. The minimum absolute atomic E-state index is 0.140. The molecule has 0 aliphatic carbocycles. The fourth-order valence-corrected chi connectivity index (χ4v) is 5.78. The number of anilines is 4. The van der Waals surface area contributed by atoms with E-state index >= 15 is 0 Å². The molecule has 0 atom stereocenters. The van der Waals surface area contributed by atoms with Crippen molar-refractivity contribution in [1.29, 1.82) is 0 Å². The van der Waals surface area contributed by atoms with Gasteiger partial charge in [0.1, 0.15) is 5.56 Å². The number of nitrogens with two attached hydrogens (primary N) is 1. The summed E-state index contributed by atoms with van der Waals surface area (Å²) in [5, 5.41) is 6.43. The van der Waals surface area contributed by atoms with Gasteiger partial charge in [-0.1, -0.05) is 0 Å². The Bertz CT molecular complexity index is 1180. The number of aromatic nitrogens is 2. The Labute approximate surface area is 223 Å². The lowest BCUT2D eigenvalue weighted by Crippen LogP contribution is -2.52. The smallest absolute Gasteiger partial charge is 0.267 e. The second-order valence-electron chi connectivity index (χ2n) is 10.7. The average molecular weight is 525 g/mol. The van der Waals surface area contributed by atoms with Gasteiger partial charge in [0.2, 0.25) is 5.95 Å². The van der Waals surface area contributed by atoms with Crippen LogP contribution in [-0.4, -0.2) is 97.3 Å². The molecule has 0 bridgehead atoms. The number of carbonyl (C=O) groups is 1. The fourth-order valence-electron chi connectivity index (χ4n) is 5.78. The molecule has 206 valence electrons. The highest BCUT2D eigenvalue weighted by Crippen LogP contribution is 2.29. The van der Waals surface area contributed by atoms with E-state index in [1.165, 1.54) is 18.5 Å². The van der Waals surface area contributed by atoms with Crippen molar-refractivity contribution in [2.24, 2.45) is 5.73 Å². The molecule has 0 radical (unpaired) electrons. The van der Waals surface area contributed by atoms with Gasteiger partial charge < -0.3 is 30.9 Å². The van der Waals surface area contributed by atoms with Crippen LogP contribution in [0.1, 0.15) is 41.6 Å². The molecule has 3 aliphatic rings. The number of amides is 1. The number of hydrogen-bond donors (Lipinski definition) is 4. The van der Waals surface area contributed by atoms with Crippen LogP contribution in [-0.2, 0) is 4.74 Å². The highest BCUT2D eigenvalue weighted by Gasteiger charge is 2.27. The summed E-state index contributed by atoms with van der Waals surface area (Å²) in [6.45, 7) is 10.1. The molecule has 5 rings (SSSR count). The van der Waals surface area contributed by atoms with Crippen molar-refractivity contribution in [3.05, 3.63) is 39.7 Å². The highest BCUT2D eigenvalue weighted by atomic mass is 16.5. The summed E-state index contributed by atoms with van der Waals surface area (Å²) in [5.41, 5.74) is 7.87. The number of carbonyl (C=O) groups excluding carboxylic acids is 1. The first-order valence-electron chi connectivity index (χ1n) is 13.7. The number of aryl methyl sites for hydroxylation is 1. The predicted octanol–water partition coefficient (Wildman–Crippen LogP) is 1.73. The average Bonchev–Trinajstić information content (AvgIpc) is 2.90. The molecule has 2 aromatic rings. The molecular formula is C27H40N8O3. The van der Waals surface area contributed by atoms with Crippen LogP contribution in [0.3, 0.4) is 0 Å². The molecule has 38 heavy (non-hydrogen) atoms. The van der Waals surface area contributed by atoms with Crippen LogP contribution in [0.25, 0.3) is 0 Å². The summed E-state index contributed by atoms with van der Waals surface area (Å²) < 4.78 is 5.40. The topological polar surface area (TPSA) is 132 Å². The van der Waals surface area contributed by atoms with E-state index < -0.39 is 11.5 Å². The normalized spacial score (nSPS) is 20.4. The molecule has 0 spiro atoms. The van der Waals surface area contributed by atoms with Crippen molar-refractivity contribution < 1.29 is 9.53 Å². The van der Waals surface area contributed by atoms with Crippen LogP contribution in [0, 0.1) is 6.92 Å². The minimum Gasteiger partial charge on any atom is -0.381 e. The third-order valence-electron chi connectivity index (χ3n) is 8.05. The van der Waals surface area contributed by atoms with E-state index in [4.69, 9.17) is 10.5 Å². The second kappa shape index (κ2) is 11.7. The van der Waals surface area contributed by atoms with Gasteiger partial charge in [-0.25, -0.2) is 0 Å². The maximum Gasteiger partial charge on any atom is 0.267 e. The number of rotatable bonds is 7. The van der Waals surface area contributed by atoms with Crippen LogP contribution in [0.4, 0.5) is 23.1 Å². The Morgan fingerprint density at radius 3 is 2.45 bits per heavy atom. The van der Waals surface area contributed by atoms with E-state index in [0.29, 0.717) is 25.2 Å². The Morgan fingerprint density at radius 1 is 1.08 bits per heavy atom. The summed E-state index contributed by atoms with van der Waals surface area (Å²) in [7, 11) is 2.20. The maximum atomic E-state index is 12.7. The van der Waals surface area contributed by atoms with Gasteiger partial charge in [0.25, 0.3) is 11.5 Å². The Kier molecular flexibility index (Phi) is 8.15. The predicted molar refractivity (Wildman–Crippen MR) is 150 cm³/mol. The molecule has 0 saturated carbocycles. The van der Waals surface area contributed by atoms with Gasteiger partial charge in [0.05, 0.1) is 0 Å². The molecular weight excluding hydrogens is 484 g/mol. The number of aromatic amines is 1. The van der Waals surface area contributed by atoms with Crippen molar-refractivity contribution in [2.45, 2.75) is 44.7 Å². The molecule has 5 N–H and O–H groups in total. The van der Waals surface area contributed by atoms with Crippen LogP contribution in [0.5, 0.6) is 0 Å². The number of H-pyrrole nitrogens is 1. The first-order chi connectivity index (χ1) is 18.4. The van der Waals surface area contributed by atoms with Gasteiger partial charge >= 0.3 is 0 Å². The van der Waals surface area contributed by atoms with Crippen LogP contribution in [0.15, 0.2) is 23.0 Å². The van der Waals surface area contributed by atoms with Gasteiger partial charge in [-0.05, 0) is 63.4 Å². The third kappa shape index (κ3) is 6.11. The van der Waals surface area contributed by atoms with Gasteiger partial charge in [-0.3, -0.25) is 19.5 Å². The molecule has 1 aromatic heterocycles. The number of hydrogen-bond acceptors (Lipinski definition) is 9. The quantitative estimate of drug-likeness (QED) is 0.427. The molecule has 4 heterocycles. The van der Waals surface area contributed by atoms with Gasteiger partial charge in [-0.2, -0.15) is 4.98 Å². The van der Waals surface area contributed by atoms with Crippen LogP contribution in [0.2, 0.25) is 0 Å². The van der Waals surface area contributed by atoms with E-state index in [2.05, 4.69) is 55.3 Å². The number of piperidine rings is 1. The monoisotopic (exact) mass is 524 g/mol. The standard InChI is InChI=1S/C27H40N8O3/c1-18-17-20(3-4-22(18)35-9-5-21(6-10-35)34-13-11-33(2)12-14-34)29-25-23(24(28)36)26(37)32-27(31-25)30-19-7-15-38-16-8-19/h3-4,17,19,21H,5-16H2,1-2H3,(H2,28,36)(H3,29,30,31,32,37). The number of ether oxygens (including phenoxy) is 1. The summed E-state index contributed by atoms with van der Waals surface area (Å²) in [5.74, 6) is -0.364. The molecule has 3 saturated heterocycles. The zero-order valence-corrected chi connectivity index (χ0v) is 22.5. The highest BCUT2D eigenvalue weighted by molar-refractivity contribution is 5.98. The van der Waals surface area contributed by atoms with Crippen molar-refractivity contribution in [3.63, 3.8) is 0 Å². The van der Waals surface area contributed by atoms with Crippen LogP contribution >= 0.6 is 0 Å². The zero-order chi connectivity index (χ0) is 26.6. The lowest BCUT2D eigenvalue weighted by molar-refractivity contribution is 0.0903. The summed E-state index contributed by atoms with van der Waals surface area (Å²) >= 11 is 0. The third-order valence-corrected chi connectivity index (χ3v) is 8.05. The van der Waals surface area contributed by atoms with Gasteiger partial charge in [-0.15, -0.1) is 0 Å². The number of nitrogens with zero attached hydrogens (tertiary/aromatic N) is 4. The van der Waals surface area contributed by atoms with E-state index in [-0.39, 0.29) is 17.4 Å². The second-order valence-corrected chi connectivity index (χ2v) is 10.7. The van der Waals surface area contributed by atoms with E-state index in [0.717, 1.165) is 63.4 Å². The van der Waals surface area contributed by atoms with Gasteiger partial charge in [0, 0.05) is 75.9 Å². The van der Waals surface area contributed by atoms with Crippen molar-refractivity contribution in [3.8, 4) is 0 Å². The Morgan fingerprint density at radius 2 is 1.79 bits per heavy atom. The maximum absolute atomic E-state index is 12.7. The molecule has 3 aliphatic heterocycles. The SMILES string of the molecule is Cc1cc(Nc2nc(NC3CCOCC3)[nH]c(=O)c2C(N)=O)ccc1N1CCC(N2CCN(C)CC2)CC1. The zero-order valence-electron chi connectivity index (χ0n) is 22.5. The van der Waals surface area contributed by atoms with E-state index in [1.807, 2.05) is 12.1 Å². The summed E-state index contributed by atoms with van der Waals surface area (Å²) in [4.78, 5) is 39.5. The van der Waals surface area contributed by atoms with Crippen molar-refractivity contribution in [2.75, 3.05) is 75.1 Å². The minimum atomic E-state index is -0.824. The number of likely N-dealkylation sites (N-methyl/N-ethyl adjacent to an activating group) is 1.